The minimum absolute atomic E-state index is 0.0174. The van der Waals surface area contributed by atoms with Crippen molar-refractivity contribution in [1.29, 1.82) is 0 Å². The molecule has 0 aliphatic carbocycles. The van der Waals surface area contributed by atoms with Crippen LogP contribution in [0.1, 0.15) is 18.9 Å². The Bertz CT molecular complexity index is 565. The third-order valence-electron chi connectivity index (χ3n) is 3.50. The molecular weight excluding hydrogens is 334 g/mol. The van der Waals surface area contributed by atoms with E-state index in [9.17, 15) is 22.4 Å². The van der Waals surface area contributed by atoms with Gasteiger partial charge in [-0.05, 0) is 25.5 Å². The van der Waals surface area contributed by atoms with Gasteiger partial charge < -0.3 is 9.64 Å². The van der Waals surface area contributed by atoms with E-state index in [-0.39, 0.29) is 22.7 Å². The molecule has 0 aromatic heterocycles. The van der Waals surface area contributed by atoms with Crippen LogP contribution in [0.4, 0.5) is 23.2 Å². The van der Waals surface area contributed by atoms with Crippen LogP contribution in [0.3, 0.4) is 0 Å². The molecule has 3 nitrogen and oxygen atoms in total. The Balaban J connectivity index is 2.05. The molecule has 0 spiro atoms. The van der Waals surface area contributed by atoms with Crippen molar-refractivity contribution in [3.8, 4) is 0 Å². The molecule has 0 N–H and O–H groups in total. The molecule has 1 heterocycles. The van der Waals surface area contributed by atoms with Crippen molar-refractivity contribution in [3.63, 3.8) is 0 Å². The zero-order valence-electron chi connectivity index (χ0n) is 12.5. The molecule has 1 saturated heterocycles. The molecule has 1 aromatic carbocycles. The molecule has 1 fully saturated rings. The normalized spacial score (nSPS) is 18.3. The summed E-state index contributed by atoms with van der Waals surface area (Å²) in [6.45, 7) is 2.75. The second-order valence-electron chi connectivity index (χ2n) is 5.10. The Kier molecular flexibility index (Phi) is 5.78. The van der Waals surface area contributed by atoms with E-state index in [2.05, 4.69) is 0 Å². The third kappa shape index (κ3) is 4.53. The molecule has 1 aromatic rings. The predicted molar refractivity (Wildman–Crippen MR) is 81.1 cm³/mol. The number of nitrogens with zero attached hydrogens (tertiary/aromatic N) is 1. The highest BCUT2D eigenvalue weighted by molar-refractivity contribution is 8.00. The van der Waals surface area contributed by atoms with E-state index in [1.165, 1.54) is 28.8 Å². The van der Waals surface area contributed by atoms with E-state index in [1.54, 1.807) is 6.92 Å². The first-order valence-corrected chi connectivity index (χ1v) is 8.25. The SMILES string of the molecule is CCOC(=O)CSC1CCN(c2cccc(F)c2C(F)(F)F)C1. The Morgan fingerprint density at radius 3 is 2.83 bits per heavy atom. The molecule has 0 bridgehead atoms. The van der Waals surface area contributed by atoms with Crippen molar-refractivity contribution in [1.82, 2.24) is 0 Å². The molecule has 0 saturated carbocycles. The summed E-state index contributed by atoms with van der Waals surface area (Å²) in [5.41, 5.74) is -1.37. The van der Waals surface area contributed by atoms with Gasteiger partial charge in [0.15, 0.2) is 0 Å². The summed E-state index contributed by atoms with van der Waals surface area (Å²) in [7, 11) is 0. The van der Waals surface area contributed by atoms with Crippen LogP contribution in [0.25, 0.3) is 0 Å². The lowest BCUT2D eigenvalue weighted by molar-refractivity contribution is -0.140. The van der Waals surface area contributed by atoms with Gasteiger partial charge in [-0.15, -0.1) is 11.8 Å². The van der Waals surface area contributed by atoms with Crippen molar-refractivity contribution in [2.45, 2.75) is 24.8 Å². The van der Waals surface area contributed by atoms with E-state index in [0.29, 0.717) is 26.1 Å². The van der Waals surface area contributed by atoms with Crippen LogP contribution >= 0.6 is 11.8 Å². The summed E-state index contributed by atoms with van der Waals surface area (Å²) in [6, 6.07) is 3.37. The first-order valence-electron chi connectivity index (χ1n) is 7.20. The van der Waals surface area contributed by atoms with Crippen LogP contribution in [-0.2, 0) is 15.7 Å². The van der Waals surface area contributed by atoms with Gasteiger partial charge in [0, 0.05) is 18.3 Å². The topological polar surface area (TPSA) is 29.5 Å². The molecule has 128 valence electrons. The maximum Gasteiger partial charge on any atom is 0.421 e. The van der Waals surface area contributed by atoms with E-state index in [0.717, 1.165) is 6.07 Å². The van der Waals surface area contributed by atoms with Crippen LogP contribution in [0.2, 0.25) is 0 Å². The second kappa shape index (κ2) is 7.42. The molecule has 23 heavy (non-hydrogen) atoms. The first-order chi connectivity index (χ1) is 10.8. The minimum Gasteiger partial charge on any atom is -0.465 e. The van der Waals surface area contributed by atoms with Gasteiger partial charge >= 0.3 is 12.1 Å². The van der Waals surface area contributed by atoms with Gasteiger partial charge in [-0.3, -0.25) is 4.79 Å². The first kappa shape index (κ1) is 17.9. The average molecular weight is 351 g/mol. The van der Waals surface area contributed by atoms with Crippen molar-refractivity contribution in [3.05, 3.63) is 29.6 Å². The van der Waals surface area contributed by atoms with Crippen LogP contribution in [0, 0.1) is 5.82 Å². The number of alkyl halides is 3. The highest BCUT2D eigenvalue weighted by Gasteiger charge is 2.39. The number of ether oxygens (including phenoxy) is 1. The molecule has 0 amide bonds. The zero-order chi connectivity index (χ0) is 17.0. The smallest absolute Gasteiger partial charge is 0.421 e. The number of hydrogen-bond donors (Lipinski definition) is 0. The number of rotatable bonds is 5. The van der Waals surface area contributed by atoms with Gasteiger partial charge in [-0.2, -0.15) is 13.2 Å². The lowest BCUT2D eigenvalue weighted by Gasteiger charge is -2.23. The van der Waals surface area contributed by atoms with Crippen molar-refractivity contribution in [2.75, 3.05) is 30.3 Å². The molecule has 1 unspecified atom stereocenters. The van der Waals surface area contributed by atoms with Crippen LogP contribution in [0.15, 0.2) is 18.2 Å². The van der Waals surface area contributed by atoms with Gasteiger partial charge in [0.2, 0.25) is 0 Å². The van der Waals surface area contributed by atoms with Gasteiger partial charge in [0.05, 0.1) is 18.0 Å². The summed E-state index contributed by atoms with van der Waals surface area (Å²) in [5.74, 6) is -1.43. The number of thioether (sulfide) groups is 1. The molecule has 8 heteroatoms. The summed E-state index contributed by atoms with van der Waals surface area (Å²) >= 11 is 1.36. The van der Waals surface area contributed by atoms with E-state index < -0.39 is 17.6 Å². The van der Waals surface area contributed by atoms with Crippen LogP contribution < -0.4 is 4.90 Å². The lowest BCUT2D eigenvalue weighted by atomic mass is 10.1. The quantitative estimate of drug-likeness (QED) is 0.597. The lowest BCUT2D eigenvalue weighted by Crippen LogP contribution is -2.25. The predicted octanol–water partition coefficient (Wildman–Crippen LogP) is 3.72. The van der Waals surface area contributed by atoms with E-state index in [4.69, 9.17) is 4.74 Å². The van der Waals surface area contributed by atoms with Crippen LogP contribution in [0.5, 0.6) is 0 Å². The Labute approximate surface area is 136 Å². The summed E-state index contributed by atoms with van der Waals surface area (Å²) in [5, 5.41) is 0.0174. The third-order valence-corrected chi connectivity index (χ3v) is 4.76. The number of carbonyl (C=O) groups excluding carboxylic acids is 1. The number of hydrogen-bond acceptors (Lipinski definition) is 4. The molecule has 0 radical (unpaired) electrons. The maximum atomic E-state index is 13.6. The summed E-state index contributed by atoms with van der Waals surface area (Å²) in [6.07, 6.45) is -4.10. The second-order valence-corrected chi connectivity index (χ2v) is 6.39. The molecular formula is C15H17F4NO2S. The monoisotopic (exact) mass is 351 g/mol. The van der Waals surface area contributed by atoms with E-state index >= 15 is 0 Å². The average Bonchev–Trinajstić information content (AvgIpc) is 2.92. The Morgan fingerprint density at radius 2 is 2.17 bits per heavy atom. The fourth-order valence-corrected chi connectivity index (χ4v) is 3.54. The number of esters is 1. The highest BCUT2D eigenvalue weighted by atomic mass is 32.2. The van der Waals surface area contributed by atoms with Crippen molar-refractivity contribution in [2.24, 2.45) is 0 Å². The van der Waals surface area contributed by atoms with Gasteiger partial charge in [-0.1, -0.05) is 6.07 Å². The number of halogens is 4. The highest BCUT2D eigenvalue weighted by Crippen LogP contribution is 2.40. The molecule has 1 atom stereocenters. The minimum atomic E-state index is -4.74. The fraction of sp³-hybridized carbons (Fsp3) is 0.533. The van der Waals surface area contributed by atoms with E-state index in [1.807, 2.05) is 0 Å². The molecule has 1 aliphatic heterocycles. The fourth-order valence-electron chi connectivity index (χ4n) is 2.53. The Hall–Kier alpha value is -1.44. The number of benzene rings is 1. The summed E-state index contributed by atoms with van der Waals surface area (Å²) < 4.78 is 57.6. The molecule has 2 rings (SSSR count). The van der Waals surface area contributed by atoms with Crippen molar-refractivity contribution >= 4 is 23.4 Å². The largest absolute Gasteiger partial charge is 0.465 e. The maximum absolute atomic E-state index is 13.6. The number of carbonyl (C=O) groups is 1. The number of anilines is 1. The van der Waals surface area contributed by atoms with Gasteiger partial charge in [0.25, 0.3) is 0 Å². The standard InChI is InChI=1S/C15H17F4NO2S/c1-2-22-13(21)9-23-10-6-7-20(8-10)12-5-3-4-11(16)14(12)15(17,18)19/h3-5,10H,2,6-9H2,1H3. The Morgan fingerprint density at radius 1 is 1.43 bits per heavy atom. The zero-order valence-corrected chi connectivity index (χ0v) is 13.3. The van der Waals surface area contributed by atoms with Gasteiger partial charge in [-0.25, -0.2) is 4.39 Å². The van der Waals surface area contributed by atoms with Gasteiger partial charge in [0.1, 0.15) is 11.4 Å². The van der Waals surface area contributed by atoms with Crippen molar-refractivity contribution < 1.29 is 27.1 Å². The molecule has 1 aliphatic rings. The van der Waals surface area contributed by atoms with Crippen LogP contribution in [-0.4, -0.2) is 36.7 Å². The summed E-state index contributed by atoms with van der Waals surface area (Å²) in [4.78, 5) is 12.8.